The molecule has 0 bridgehead atoms. The number of nitrogens with one attached hydrogen (secondary N) is 1. The minimum absolute atomic E-state index is 0.0608. The van der Waals surface area contributed by atoms with Crippen molar-refractivity contribution in [3.8, 4) is 22.9 Å². The average Bonchev–Trinajstić information content (AvgIpc) is 2.88. The summed E-state index contributed by atoms with van der Waals surface area (Å²) in [5, 5.41) is 3.73. The number of para-hydroxylation sites is 1. The number of aromatic nitrogens is 2. The van der Waals surface area contributed by atoms with E-state index in [0.717, 1.165) is 5.75 Å². The van der Waals surface area contributed by atoms with Gasteiger partial charge in [-0.1, -0.05) is 23.9 Å². The molecule has 3 aromatic carbocycles. The summed E-state index contributed by atoms with van der Waals surface area (Å²) in [7, 11) is 3.08. The van der Waals surface area contributed by atoms with Crippen molar-refractivity contribution in [2.75, 3.05) is 31.9 Å². The third-order valence-electron chi connectivity index (χ3n) is 5.15. The fourth-order valence-corrected chi connectivity index (χ4v) is 4.34. The van der Waals surface area contributed by atoms with E-state index < -0.39 is 0 Å². The molecule has 35 heavy (non-hydrogen) atoms. The van der Waals surface area contributed by atoms with E-state index in [1.165, 1.54) is 23.4 Å². The number of carbonyl (C=O) groups excluding carboxylic acids is 1. The molecule has 0 aliphatic rings. The third-order valence-corrected chi connectivity index (χ3v) is 6.09. The van der Waals surface area contributed by atoms with Crippen LogP contribution in [0.4, 0.5) is 5.69 Å². The first-order chi connectivity index (χ1) is 17.0. The molecule has 4 aromatic rings. The van der Waals surface area contributed by atoms with E-state index in [0.29, 0.717) is 45.5 Å². The molecule has 9 heteroatoms. The molecule has 0 saturated heterocycles. The molecule has 0 spiro atoms. The maximum Gasteiger partial charge on any atom is 0.266 e. The van der Waals surface area contributed by atoms with E-state index in [4.69, 9.17) is 14.2 Å². The van der Waals surface area contributed by atoms with Crippen LogP contribution in [0.2, 0.25) is 0 Å². The molecule has 0 fully saturated rings. The van der Waals surface area contributed by atoms with Gasteiger partial charge in [0.2, 0.25) is 5.91 Å². The van der Waals surface area contributed by atoms with Gasteiger partial charge in [0.1, 0.15) is 5.75 Å². The Bertz CT molecular complexity index is 1400. The van der Waals surface area contributed by atoms with Crippen molar-refractivity contribution in [3.63, 3.8) is 0 Å². The Hall–Kier alpha value is -3.98. The molecule has 0 radical (unpaired) electrons. The number of methoxy groups -OCH3 is 2. The number of carbonyl (C=O) groups is 1. The zero-order chi connectivity index (χ0) is 24.8. The van der Waals surface area contributed by atoms with Crippen molar-refractivity contribution in [1.29, 1.82) is 0 Å². The van der Waals surface area contributed by atoms with E-state index in [2.05, 4.69) is 10.3 Å². The fourth-order valence-electron chi connectivity index (χ4n) is 3.53. The van der Waals surface area contributed by atoms with Gasteiger partial charge in [-0.2, -0.15) is 0 Å². The number of amides is 1. The van der Waals surface area contributed by atoms with Crippen molar-refractivity contribution in [1.82, 2.24) is 9.55 Å². The van der Waals surface area contributed by atoms with Crippen LogP contribution < -0.4 is 25.1 Å². The molecule has 180 valence electrons. The number of hydrogen-bond acceptors (Lipinski definition) is 7. The zero-order valence-corrected chi connectivity index (χ0v) is 20.4. The highest BCUT2D eigenvalue weighted by molar-refractivity contribution is 7.99. The zero-order valence-electron chi connectivity index (χ0n) is 19.6. The van der Waals surface area contributed by atoms with Gasteiger partial charge in [0.15, 0.2) is 16.7 Å². The summed E-state index contributed by atoms with van der Waals surface area (Å²) in [4.78, 5) is 30.8. The number of thioether (sulfide) groups is 1. The van der Waals surface area contributed by atoms with Crippen LogP contribution in [0.3, 0.4) is 0 Å². The second-order valence-electron chi connectivity index (χ2n) is 7.39. The van der Waals surface area contributed by atoms with Gasteiger partial charge in [-0.3, -0.25) is 14.2 Å². The first kappa shape index (κ1) is 24.2. The molecular formula is C26H25N3O5S. The Morgan fingerprint density at radius 2 is 1.74 bits per heavy atom. The highest BCUT2D eigenvalue weighted by Crippen LogP contribution is 2.30. The summed E-state index contributed by atoms with van der Waals surface area (Å²) in [6.45, 7) is 2.48. The second-order valence-corrected chi connectivity index (χ2v) is 8.33. The lowest BCUT2D eigenvalue weighted by atomic mass is 10.2. The quantitative estimate of drug-likeness (QED) is 0.272. The van der Waals surface area contributed by atoms with E-state index >= 15 is 0 Å². The fraction of sp³-hybridized carbons (Fsp3) is 0.192. The van der Waals surface area contributed by atoms with E-state index in [1.807, 2.05) is 13.0 Å². The summed E-state index contributed by atoms with van der Waals surface area (Å²) < 4.78 is 17.6. The molecule has 0 atom stereocenters. The van der Waals surface area contributed by atoms with Crippen LogP contribution in [0.15, 0.2) is 76.7 Å². The molecular weight excluding hydrogens is 466 g/mol. The Morgan fingerprint density at radius 1 is 1.00 bits per heavy atom. The summed E-state index contributed by atoms with van der Waals surface area (Å²) in [5.41, 5.74) is 1.53. The molecule has 1 amide bonds. The van der Waals surface area contributed by atoms with Crippen LogP contribution in [0, 0.1) is 0 Å². The van der Waals surface area contributed by atoms with Gasteiger partial charge >= 0.3 is 0 Å². The molecule has 8 nitrogen and oxygen atoms in total. The molecule has 4 rings (SSSR count). The van der Waals surface area contributed by atoms with Crippen LogP contribution >= 0.6 is 11.8 Å². The van der Waals surface area contributed by atoms with Gasteiger partial charge < -0.3 is 19.5 Å². The number of nitrogens with zero attached hydrogens (tertiary/aromatic N) is 2. The molecule has 0 aliphatic heterocycles. The van der Waals surface area contributed by atoms with Crippen molar-refractivity contribution in [3.05, 3.63) is 77.1 Å². The van der Waals surface area contributed by atoms with Crippen LogP contribution in [-0.2, 0) is 4.79 Å². The Morgan fingerprint density at radius 3 is 2.46 bits per heavy atom. The molecule has 1 N–H and O–H groups in total. The number of rotatable bonds is 9. The summed E-state index contributed by atoms with van der Waals surface area (Å²) in [6, 6.07) is 19.5. The Balaban J connectivity index is 1.64. The molecule has 0 saturated carbocycles. The predicted molar refractivity (Wildman–Crippen MR) is 137 cm³/mol. The Labute approximate surface area is 206 Å². The SMILES string of the molecule is CCOc1ccc(NC(=O)CSc2nc3ccccc3c(=O)n2-c2ccc(OC)c(OC)c2)cc1. The molecule has 1 aromatic heterocycles. The highest BCUT2D eigenvalue weighted by Gasteiger charge is 2.16. The normalized spacial score (nSPS) is 10.7. The number of anilines is 1. The van der Waals surface area contributed by atoms with E-state index in [9.17, 15) is 9.59 Å². The Kier molecular flexibility index (Phi) is 7.57. The van der Waals surface area contributed by atoms with Gasteiger partial charge in [0.25, 0.3) is 5.56 Å². The first-order valence-corrected chi connectivity index (χ1v) is 11.9. The smallest absolute Gasteiger partial charge is 0.266 e. The third kappa shape index (κ3) is 5.41. The number of ether oxygens (including phenoxy) is 3. The van der Waals surface area contributed by atoms with E-state index in [1.54, 1.807) is 67.8 Å². The van der Waals surface area contributed by atoms with Crippen LogP contribution in [0.1, 0.15) is 6.92 Å². The van der Waals surface area contributed by atoms with Gasteiger partial charge in [-0.25, -0.2) is 4.98 Å². The largest absolute Gasteiger partial charge is 0.494 e. The lowest BCUT2D eigenvalue weighted by Gasteiger charge is -2.15. The predicted octanol–water partition coefficient (Wildman–Crippen LogP) is 4.53. The lowest BCUT2D eigenvalue weighted by molar-refractivity contribution is -0.113. The van der Waals surface area contributed by atoms with Crippen LogP contribution in [-0.4, -0.2) is 42.0 Å². The van der Waals surface area contributed by atoms with Gasteiger partial charge in [0, 0.05) is 11.8 Å². The van der Waals surface area contributed by atoms with Crippen molar-refractivity contribution in [2.45, 2.75) is 12.1 Å². The van der Waals surface area contributed by atoms with Crippen molar-refractivity contribution < 1.29 is 19.0 Å². The molecule has 0 aliphatic carbocycles. The second kappa shape index (κ2) is 11.0. The monoisotopic (exact) mass is 491 g/mol. The minimum Gasteiger partial charge on any atom is -0.494 e. The van der Waals surface area contributed by atoms with Gasteiger partial charge in [0.05, 0.1) is 43.2 Å². The minimum atomic E-state index is -0.239. The lowest BCUT2D eigenvalue weighted by Crippen LogP contribution is -2.23. The highest BCUT2D eigenvalue weighted by atomic mass is 32.2. The summed E-state index contributed by atoms with van der Waals surface area (Å²) >= 11 is 1.18. The van der Waals surface area contributed by atoms with E-state index in [-0.39, 0.29) is 17.2 Å². The van der Waals surface area contributed by atoms with Crippen LogP contribution in [0.25, 0.3) is 16.6 Å². The van der Waals surface area contributed by atoms with Gasteiger partial charge in [-0.15, -0.1) is 0 Å². The number of fused-ring (bicyclic) bond motifs is 1. The summed E-state index contributed by atoms with van der Waals surface area (Å²) in [5.74, 6) is 1.60. The number of benzene rings is 3. The van der Waals surface area contributed by atoms with Crippen molar-refractivity contribution in [2.24, 2.45) is 0 Å². The van der Waals surface area contributed by atoms with Gasteiger partial charge in [-0.05, 0) is 55.5 Å². The topological polar surface area (TPSA) is 91.7 Å². The maximum atomic E-state index is 13.4. The standard InChI is InChI=1S/C26H25N3O5S/c1-4-34-19-12-9-17(10-13-19)27-24(30)16-35-26-28-21-8-6-5-7-20(21)25(31)29(26)18-11-14-22(32-2)23(15-18)33-3/h5-15H,4,16H2,1-3H3,(H,27,30). The van der Waals surface area contributed by atoms with Crippen LogP contribution in [0.5, 0.6) is 17.2 Å². The maximum absolute atomic E-state index is 13.4. The molecule has 0 unspecified atom stereocenters. The van der Waals surface area contributed by atoms with Crippen molar-refractivity contribution >= 4 is 34.3 Å². The molecule has 1 heterocycles. The average molecular weight is 492 g/mol. The number of hydrogen-bond donors (Lipinski definition) is 1. The first-order valence-electron chi connectivity index (χ1n) is 10.9. The summed E-state index contributed by atoms with van der Waals surface area (Å²) in [6.07, 6.45) is 0.